The second-order valence-electron chi connectivity index (χ2n) is 3.95. The highest BCUT2D eigenvalue weighted by Crippen LogP contribution is 2.21. The van der Waals surface area contributed by atoms with Gasteiger partial charge in [0.05, 0.1) is 12.7 Å². The summed E-state index contributed by atoms with van der Waals surface area (Å²) in [6.07, 6.45) is 0.388. The van der Waals surface area contributed by atoms with Crippen LogP contribution in [0.4, 0.5) is 0 Å². The summed E-state index contributed by atoms with van der Waals surface area (Å²) < 4.78 is 5.10. The van der Waals surface area contributed by atoms with Crippen LogP contribution in [0.25, 0.3) is 0 Å². The molecule has 0 aliphatic carbocycles. The van der Waals surface area contributed by atoms with Crippen LogP contribution in [-0.2, 0) is 9.53 Å². The average Bonchev–Trinajstić information content (AvgIpc) is 2.38. The Kier molecular flexibility index (Phi) is 5.89. The van der Waals surface area contributed by atoms with Gasteiger partial charge < -0.3 is 4.74 Å². The van der Waals surface area contributed by atoms with E-state index in [2.05, 4.69) is 6.07 Å². The van der Waals surface area contributed by atoms with Gasteiger partial charge in [-0.2, -0.15) is 5.26 Å². The molecule has 0 spiro atoms. The van der Waals surface area contributed by atoms with Crippen molar-refractivity contribution in [3.63, 3.8) is 0 Å². The van der Waals surface area contributed by atoms with E-state index in [0.717, 1.165) is 5.56 Å². The summed E-state index contributed by atoms with van der Waals surface area (Å²) in [5, 5.41) is 8.62. The zero-order valence-electron chi connectivity index (χ0n) is 10.8. The number of nitrogens with zero attached hydrogens (tertiary/aromatic N) is 2. The van der Waals surface area contributed by atoms with Gasteiger partial charge in [-0.15, -0.1) is 0 Å². The van der Waals surface area contributed by atoms with E-state index in [1.807, 2.05) is 42.3 Å². The van der Waals surface area contributed by atoms with Crippen molar-refractivity contribution in [1.29, 1.82) is 5.26 Å². The minimum absolute atomic E-state index is 0.274. The molecule has 0 bridgehead atoms. The van der Waals surface area contributed by atoms with Crippen molar-refractivity contribution in [2.45, 2.75) is 19.4 Å². The summed E-state index contributed by atoms with van der Waals surface area (Å²) in [6.45, 7) is 2.68. The zero-order valence-corrected chi connectivity index (χ0v) is 10.8. The molecule has 1 aromatic carbocycles. The van der Waals surface area contributed by atoms with Gasteiger partial charge in [0.15, 0.2) is 0 Å². The molecule has 0 aliphatic heterocycles. The predicted molar refractivity (Wildman–Crippen MR) is 68.7 cm³/mol. The lowest BCUT2D eigenvalue weighted by Crippen LogP contribution is -2.33. The number of nitriles is 1. The van der Waals surface area contributed by atoms with E-state index in [-0.39, 0.29) is 5.97 Å². The van der Waals surface area contributed by atoms with Gasteiger partial charge >= 0.3 is 5.97 Å². The van der Waals surface area contributed by atoms with Crippen molar-refractivity contribution in [2.75, 3.05) is 20.2 Å². The van der Waals surface area contributed by atoms with Gasteiger partial charge in [-0.05, 0) is 19.5 Å². The number of hydrogen-bond donors (Lipinski definition) is 0. The highest BCUT2D eigenvalue weighted by Gasteiger charge is 2.25. The molecule has 0 radical (unpaired) electrons. The quantitative estimate of drug-likeness (QED) is 0.722. The maximum Gasteiger partial charge on any atom is 0.327 e. The Labute approximate surface area is 108 Å². The lowest BCUT2D eigenvalue weighted by Gasteiger charge is -2.25. The summed E-state index contributed by atoms with van der Waals surface area (Å²) in [5.74, 6) is -0.274. The topological polar surface area (TPSA) is 53.3 Å². The Morgan fingerprint density at radius 2 is 2.11 bits per heavy atom. The molecular weight excluding hydrogens is 228 g/mol. The molecule has 0 aromatic heterocycles. The highest BCUT2D eigenvalue weighted by atomic mass is 16.5. The SMILES string of the molecule is CCOC(=O)C(c1ccccc1)N(C)CCC#N. The monoisotopic (exact) mass is 246 g/mol. The molecule has 4 heteroatoms. The van der Waals surface area contributed by atoms with Gasteiger partial charge in [0.2, 0.25) is 0 Å². The average molecular weight is 246 g/mol. The molecule has 1 aromatic rings. The fourth-order valence-electron chi connectivity index (χ4n) is 1.78. The summed E-state index contributed by atoms with van der Waals surface area (Å²) in [4.78, 5) is 13.8. The van der Waals surface area contributed by atoms with Crippen molar-refractivity contribution in [2.24, 2.45) is 0 Å². The van der Waals surface area contributed by atoms with Gasteiger partial charge in [0, 0.05) is 13.0 Å². The second kappa shape index (κ2) is 7.46. The van der Waals surface area contributed by atoms with Crippen LogP contribution < -0.4 is 0 Å². The van der Waals surface area contributed by atoms with E-state index in [9.17, 15) is 4.79 Å². The minimum atomic E-state index is -0.445. The molecule has 18 heavy (non-hydrogen) atoms. The Morgan fingerprint density at radius 1 is 1.44 bits per heavy atom. The number of hydrogen-bond acceptors (Lipinski definition) is 4. The van der Waals surface area contributed by atoms with E-state index in [4.69, 9.17) is 10.00 Å². The Hall–Kier alpha value is -1.86. The number of esters is 1. The Morgan fingerprint density at radius 3 is 2.67 bits per heavy atom. The summed E-state index contributed by atoms with van der Waals surface area (Å²) >= 11 is 0. The maximum absolute atomic E-state index is 12.0. The van der Waals surface area contributed by atoms with Gasteiger partial charge in [-0.1, -0.05) is 30.3 Å². The lowest BCUT2D eigenvalue weighted by molar-refractivity contribution is -0.149. The molecule has 0 saturated carbocycles. The maximum atomic E-state index is 12.0. The number of ether oxygens (including phenoxy) is 1. The highest BCUT2D eigenvalue weighted by molar-refractivity contribution is 5.77. The van der Waals surface area contributed by atoms with Crippen LogP contribution in [0.2, 0.25) is 0 Å². The third kappa shape index (κ3) is 3.86. The van der Waals surface area contributed by atoms with Crippen molar-refractivity contribution in [3.8, 4) is 6.07 Å². The van der Waals surface area contributed by atoms with Crippen LogP contribution in [0.1, 0.15) is 24.9 Å². The van der Waals surface area contributed by atoms with Crippen molar-refractivity contribution in [3.05, 3.63) is 35.9 Å². The fraction of sp³-hybridized carbons (Fsp3) is 0.429. The first-order chi connectivity index (χ1) is 8.70. The van der Waals surface area contributed by atoms with E-state index < -0.39 is 6.04 Å². The predicted octanol–water partition coefficient (Wildman–Crippen LogP) is 2.14. The first kappa shape index (κ1) is 14.2. The lowest BCUT2D eigenvalue weighted by atomic mass is 10.1. The molecule has 0 saturated heterocycles. The third-order valence-corrected chi connectivity index (χ3v) is 2.64. The molecule has 1 atom stereocenters. The third-order valence-electron chi connectivity index (χ3n) is 2.64. The van der Waals surface area contributed by atoms with Crippen LogP contribution in [-0.4, -0.2) is 31.1 Å². The molecular formula is C14H18N2O2. The van der Waals surface area contributed by atoms with Crippen LogP contribution >= 0.6 is 0 Å². The number of rotatable bonds is 6. The van der Waals surface area contributed by atoms with Crippen molar-refractivity contribution < 1.29 is 9.53 Å². The number of likely N-dealkylation sites (N-methyl/N-ethyl adjacent to an activating group) is 1. The summed E-state index contributed by atoms with van der Waals surface area (Å²) in [5.41, 5.74) is 0.886. The number of carbonyl (C=O) groups is 1. The standard InChI is InChI=1S/C14H18N2O2/c1-3-18-14(17)13(16(2)11-7-10-15)12-8-5-4-6-9-12/h4-6,8-9,13H,3,7,11H2,1-2H3. The molecule has 1 unspecified atom stereocenters. The molecule has 0 heterocycles. The van der Waals surface area contributed by atoms with Crippen molar-refractivity contribution in [1.82, 2.24) is 4.90 Å². The van der Waals surface area contributed by atoms with Crippen molar-refractivity contribution >= 4 is 5.97 Å². The molecule has 96 valence electrons. The molecule has 1 rings (SSSR count). The van der Waals surface area contributed by atoms with Gasteiger partial charge in [0.1, 0.15) is 6.04 Å². The fourth-order valence-corrected chi connectivity index (χ4v) is 1.78. The molecule has 0 N–H and O–H groups in total. The number of carbonyl (C=O) groups excluding carboxylic acids is 1. The first-order valence-corrected chi connectivity index (χ1v) is 5.99. The smallest absolute Gasteiger partial charge is 0.327 e. The van der Waals surface area contributed by atoms with Crippen LogP contribution in [0, 0.1) is 11.3 Å². The molecule has 0 amide bonds. The minimum Gasteiger partial charge on any atom is -0.465 e. The second-order valence-corrected chi connectivity index (χ2v) is 3.95. The van der Waals surface area contributed by atoms with Crippen LogP contribution in [0.15, 0.2) is 30.3 Å². The van der Waals surface area contributed by atoms with E-state index in [1.54, 1.807) is 6.92 Å². The first-order valence-electron chi connectivity index (χ1n) is 5.99. The Bertz CT molecular complexity index is 412. The van der Waals surface area contributed by atoms with Crippen LogP contribution in [0.3, 0.4) is 0 Å². The summed E-state index contributed by atoms with van der Waals surface area (Å²) in [6, 6.07) is 11.1. The largest absolute Gasteiger partial charge is 0.465 e. The molecule has 4 nitrogen and oxygen atoms in total. The zero-order chi connectivity index (χ0) is 13.4. The van der Waals surface area contributed by atoms with Crippen LogP contribution in [0.5, 0.6) is 0 Å². The van der Waals surface area contributed by atoms with Gasteiger partial charge in [-0.3, -0.25) is 4.90 Å². The number of benzene rings is 1. The molecule has 0 fully saturated rings. The van der Waals surface area contributed by atoms with Gasteiger partial charge in [0.25, 0.3) is 0 Å². The van der Waals surface area contributed by atoms with E-state index in [0.29, 0.717) is 19.6 Å². The Balaban J connectivity index is 2.88. The molecule has 0 aliphatic rings. The normalized spacial score (nSPS) is 11.9. The van der Waals surface area contributed by atoms with E-state index in [1.165, 1.54) is 0 Å². The van der Waals surface area contributed by atoms with Gasteiger partial charge in [-0.25, -0.2) is 4.79 Å². The van der Waals surface area contributed by atoms with E-state index >= 15 is 0 Å². The summed E-state index contributed by atoms with van der Waals surface area (Å²) in [7, 11) is 1.83.